The van der Waals surface area contributed by atoms with E-state index in [9.17, 15) is 19.2 Å². The molecule has 0 aliphatic heterocycles. The van der Waals surface area contributed by atoms with Crippen molar-refractivity contribution >= 4 is 17.6 Å². The van der Waals surface area contributed by atoms with Crippen LogP contribution < -0.4 is 17.0 Å². The number of carbonyl (C=O) groups is 2. The number of ketones is 1. The molecule has 0 fully saturated rings. The number of H-pyrrole nitrogens is 1. The molecule has 8 heteroatoms. The highest BCUT2D eigenvalue weighted by atomic mass is 16.5. The van der Waals surface area contributed by atoms with Gasteiger partial charge in [-0.15, -0.1) is 0 Å². The molecule has 0 saturated carbocycles. The summed E-state index contributed by atoms with van der Waals surface area (Å²) in [5, 5.41) is 0. The fourth-order valence-corrected chi connectivity index (χ4v) is 2.80. The molecule has 0 radical (unpaired) electrons. The molecule has 8 nitrogen and oxygen atoms in total. The van der Waals surface area contributed by atoms with Crippen LogP contribution in [0.5, 0.6) is 0 Å². The van der Waals surface area contributed by atoms with Crippen LogP contribution >= 0.6 is 0 Å². The Labute approximate surface area is 156 Å². The molecule has 27 heavy (non-hydrogen) atoms. The van der Waals surface area contributed by atoms with Crippen LogP contribution in [0.3, 0.4) is 0 Å². The third-order valence-corrected chi connectivity index (χ3v) is 4.62. The molecule has 2 aromatic rings. The highest BCUT2D eigenvalue weighted by Crippen LogP contribution is 2.28. The molecular weight excluding hydrogens is 350 g/mol. The average molecular weight is 373 g/mol. The molecule has 0 aliphatic carbocycles. The Balaban J connectivity index is 2.21. The minimum Gasteiger partial charge on any atom is -0.457 e. The molecule has 1 aromatic heterocycles. The van der Waals surface area contributed by atoms with Gasteiger partial charge in [0.05, 0.1) is 5.92 Å². The number of nitrogens with one attached hydrogen (secondary N) is 1. The summed E-state index contributed by atoms with van der Waals surface area (Å²) in [5.74, 6) is -2.12. The fourth-order valence-electron chi connectivity index (χ4n) is 2.80. The Morgan fingerprint density at radius 2 is 1.85 bits per heavy atom. The molecule has 2 rings (SSSR count). The molecule has 0 saturated heterocycles. The predicted octanol–water partition coefficient (Wildman–Crippen LogP) is 1.21. The molecule has 0 bridgehead atoms. The van der Waals surface area contributed by atoms with E-state index in [-0.39, 0.29) is 11.7 Å². The number of nitrogens with zero attached hydrogens (tertiary/aromatic N) is 1. The number of hydrogen-bond donors (Lipinski definition) is 2. The van der Waals surface area contributed by atoms with Gasteiger partial charge in [0.2, 0.25) is 5.78 Å². The van der Waals surface area contributed by atoms with Gasteiger partial charge >= 0.3 is 11.7 Å². The summed E-state index contributed by atoms with van der Waals surface area (Å²) < 4.78 is 6.14. The Hall–Kier alpha value is -3.16. The highest BCUT2D eigenvalue weighted by molar-refractivity contribution is 6.01. The summed E-state index contributed by atoms with van der Waals surface area (Å²) in [6.45, 7) is 3.25. The van der Waals surface area contributed by atoms with Crippen molar-refractivity contribution in [3.05, 3.63) is 62.3 Å². The van der Waals surface area contributed by atoms with Crippen LogP contribution in [0.1, 0.15) is 42.1 Å². The summed E-state index contributed by atoms with van der Waals surface area (Å²) in [5.41, 5.74) is 4.46. The van der Waals surface area contributed by atoms with Gasteiger partial charge in [0.25, 0.3) is 5.56 Å². The Kier molecular flexibility index (Phi) is 6.33. The van der Waals surface area contributed by atoms with E-state index < -0.39 is 41.1 Å². The normalized spacial score (nSPS) is 13.0. The van der Waals surface area contributed by atoms with E-state index in [4.69, 9.17) is 10.5 Å². The van der Waals surface area contributed by atoms with E-state index in [1.54, 1.807) is 0 Å². The van der Waals surface area contributed by atoms with Crippen LogP contribution in [0.25, 0.3) is 0 Å². The van der Waals surface area contributed by atoms with Gasteiger partial charge in [-0.05, 0) is 11.5 Å². The van der Waals surface area contributed by atoms with E-state index in [2.05, 4.69) is 0 Å². The zero-order valence-corrected chi connectivity index (χ0v) is 15.5. The lowest BCUT2D eigenvalue weighted by atomic mass is 9.85. The second-order valence-corrected chi connectivity index (χ2v) is 6.38. The summed E-state index contributed by atoms with van der Waals surface area (Å²) in [6, 6.07) is 9.16. The zero-order valence-electron chi connectivity index (χ0n) is 15.5. The SMILES string of the molecule is CC[C@H](C)[C@@H](C(=O)OCC(=O)c1c(N)n(C)c(=O)[nH]c1=O)c1ccccc1. The molecular formula is C19H23N3O5. The third kappa shape index (κ3) is 4.33. The van der Waals surface area contributed by atoms with Crippen LogP contribution in [-0.4, -0.2) is 27.9 Å². The molecule has 1 aromatic carbocycles. The van der Waals surface area contributed by atoms with Crippen molar-refractivity contribution in [3.63, 3.8) is 0 Å². The number of aromatic nitrogens is 2. The monoisotopic (exact) mass is 373 g/mol. The molecule has 0 aliphatic rings. The Morgan fingerprint density at radius 1 is 1.22 bits per heavy atom. The molecule has 3 N–H and O–H groups in total. The van der Waals surface area contributed by atoms with Gasteiger partial charge in [-0.25, -0.2) is 4.79 Å². The van der Waals surface area contributed by atoms with Gasteiger partial charge in [0, 0.05) is 7.05 Å². The number of ether oxygens (including phenoxy) is 1. The minimum absolute atomic E-state index is 0.000945. The molecule has 1 heterocycles. The number of esters is 1. The van der Waals surface area contributed by atoms with Crippen molar-refractivity contribution in [2.45, 2.75) is 26.2 Å². The van der Waals surface area contributed by atoms with Gasteiger partial charge in [-0.1, -0.05) is 50.6 Å². The van der Waals surface area contributed by atoms with Crippen LogP contribution in [-0.2, 0) is 16.6 Å². The van der Waals surface area contributed by atoms with Gasteiger partial charge in [-0.2, -0.15) is 0 Å². The molecule has 144 valence electrons. The van der Waals surface area contributed by atoms with Crippen LogP contribution in [0.4, 0.5) is 5.82 Å². The maximum absolute atomic E-state index is 12.6. The zero-order chi connectivity index (χ0) is 20.1. The van der Waals surface area contributed by atoms with E-state index in [1.807, 2.05) is 49.2 Å². The fraction of sp³-hybridized carbons (Fsp3) is 0.368. The standard InChI is InChI=1S/C19H23N3O5/c1-4-11(2)14(12-8-6-5-7-9-12)18(25)27-10-13(23)15-16(20)22(3)19(26)21-17(15)24/h5-9,11,14H,4,10,20H2,1-3H3,(H,21,24,26)/t11-,14+/m0/s1. The van der Waals surface area contributed by atoms with Crippen molar-refractivity contribution < 1.29 is 14.3 Å². The Morgan fingerprint density at radius 3 is 2.44 bits per heavy atom. The first kappa shape index (κ1) is 20.2. The number of anilines is 1. The maximum atomic E-state index is 12.6. The van der Waals surface area contributed by atoms with Crippen LogP contribution in [0.2, 0.25) is 0 Å². The Bertz CT molecular complexity index is 946. The quantitative estimate of drug-likeness (QED) is 0.555. The highest BCUT2D eigenvalue weighted by Gasteiger charge is 2.28. The topological polar surface area (TPSA) is 124 Å². The lowest BCUT2D eigenvalue weighted by molar-refractivity contribution is -0.145. The minimum atomic E-state index is -0.904. The van der Waals surface area contributed by atoms with E-state index in [0.717, 1.165) is 16.6 Å². The van der Waals surface area contributed by atoms with Crippen LogP contribution in [0, 0.1) is 5.92 Å². The number of carbonyl (C=O) groups excluding carboxylic acids is 2. The van der Waals surface area contributed by atoms with Crippen molar-refractivity contribution in [1.82, 2.24) is 9.55 Å². The molecule has 0 spiro atoms. The van der Waals surface area contributed by atoms with Gasteiger partial charge in [0.1, 0.15) is 11.4 Å². The second kappa shape index (κ2) is 8.48. The number of nitrogens with two attached hydrogens (primary N) is 1. The molecule has 0 unspecified atom stereocenters. The van der Waals surface area contributed by atoms with Gasteiger partial charge in [0.15, 0.2) is 6.61 Å². The summed E-state index contributed by atoms with van der Waals surface area (Å²) >= 11 is 0. The largest absolute Gasteiger partial charge is 0.457 e. The van der Waals surface area contributed by atoms with Crippen molar-refractivity contribution in [3.8, 4) is 0 Å². The van der Waals surface area contributed by atoms with Crippen molar-refractivity contribution in [1.29, 1.82) is 0 Å². The average Bonchev–Trinajstić information content (AvgIpc) is 2.65. The van der Waals surface area contributed by atoms with Gasteiger partial charge < -0.3 is 10.5 Å². The van der Waals surface area contributed by atoms with E-state index >= 15 is 0 Å². The first-order chi connectivity index (χ1) is 12.8. The first-order valence-electron chi connectivity index (χ1n) is 8.61. The lowest BCUT2D eigenvalue weighted by Crippen LogP contribution is -2.36. The first-order valence-corrected chi connectivity index (χ1v) is 8.61. The number of Topliss-reactive ketones (excluding diaryl/α,β-unsaturated/α-hetero) is 1. The third-order valence-electron chi connectivity index (χ3n) is 4.62. The molecule has 0 amide bonds. The number of nitrogen functional groups attached to an aromatic ring is 1. The second-order valence-electron chi connectivity index (χ2n) is 6.38. The van der Waals surface area contributed by atoms with Crippen LogP contribution in [0.15, 0.2) is 39.9 Å². The molecule has 2 atom stereocenters. The van der Waals surface area contributed by atoms with Crippen molar-refractivity contribution in [2.75, 3.05) is 12.3 Å². The predicted molar refractivity (Wildman–Crippen MR) is 101 cm³/mol. The lowest BCUT2D eigenvalue weighted by Gasteiger charge is -2.21. The summed E-state index contributed by atoms with van der Waals surface area (Å²) in [6.07, 6.45) is 0.746. The number of rotatable bonds is 7. The number of hydrogen-bond acceptors (Lipinski definition) is 6. The number of benzene rings is 1. The van der Waals surface area contributed by atoms with E-state index in [1.165, 1.54) is 7.05 Å². The summed E-state index contributed by atoms with van der Waals surface area (Å²) in [7, 11) is 1.32. The van der Waals surface area contributed by atoms with Gasteiger partial charge in [-0.3, -0.25) is 23.9 Å². The van der Waals surface area contributed by atoms with Crippen molar-refractivity contribution in [2.24, 2.45) is 13.0 Å². The smallest absolute Gasteiger partial charge is 0.329 e. The summed E-state index contributed by atoms with van der Waals surface area (Å²) in [4.78, 5) is 50.4. The van der Waals surface area contributed by atoms with E-state index in [0.29, 0.717) is 0 Å². The number of aromatic amines is 1. The maximum Gasteiger partial charge on any atom is 0.329 e.